The van der Waals surface area contributed by atoms with Crippen LogP contribution in [0, 0.1) is 0 Å². The molecule has 9 heteroatoms. The minimum atomic E-state index is -0.275. The Morgan fingerprint density at radius 3 is 2.61 bits per heavy atom. The molecule has 0 aliphatic rings. The van der Waals surface area contributed by atoms with Gasteiger partial charge in [0.1, 0.15) is 17.6 Å². The lowest BCUT2D eigenvalue weighted by atomic mass is 10.2. The first-order chi connectivity index (χ1) is 15.0. The fourth-order valence-corrected chi connectivity index (χ4v) is 4.10. The van der Waals surface area contributed by atoms with Crippen LogP contribution in [0.15, 0.2) is 65.7 Å². The smallest absolute Gasteiger partial charge is 0.273 e. The highest BCUT2D eigenvalue weighted by Crippen LogP contribution is 2.25. The lowest BCUT2D eigenvalue weighted by Crippen LogP contribution is -2.31. The van der Waals surface area contributed by atoms with Crippen molar-refractivity contribution in [2.45, 2.75) is 19.6 Å². The van der Waals surface area contributed by atoms with E-state index < -0.39 is 0 Å². The third-order valence-electron chi connectivity index (χ3n) is 4.68. The van der Waals surface area contributed by atoms with E-state index in [4.69, 9.17) is 11.6 Å². The number of carbonyl (C=O) groups excluding carboxylic acids is 1. The zero-order valence-electron chi connectivity index (χ0n) is 16.8. The molecule has 0 aliphatic carbocycles. The molecule has 2 aromatic heterocycles. The van der Waals surface area contributed by atoms with E-state index in [9.17, 15) is 9.59 Å². The van der Waals surface area contributed by atoms with Gasteiger partial charge in [-0.05, 0) is 23.3 Å². The van der Waals surface area contributed by atoms with E-state index in [-0.39, 0.29) is 18.0 Å². The lowest BCUT2D eigenvalue weighted by Gasteiger charge is -2.15. The molecule has 1 N–H and O–H groups in total. The maximum atomic E-state index is 12.9. The van der Waals surface area contributed by atoms with Gasteiger partial charge in [-0.3, -0.25) is 14.2 Å². The van der Waals surface area contributed by atoms with Crippen LogP contribution in [-0.2, 0) is 24.4 Å². The number of halogens is 1. The first-order valence-electron chi connectivity index (χ1n) is 9.62. The molecule has 0 bridgehead atoms. The zero-order valence-corrected chi connectivity index (χ0v) is 18.4. The number of rotatable bonds is 7. The summed E-state index contributed by atoms with van der Waals surface area (Å²) in [4.78, 5) is 35.9. The van der Waals surface area contributed by atoms with Gasteiger partial charge in [0.25, 0.3) is 5.56 Å². The summed E-state index contributed by atoms with van der Waals surface area (Å²) < 4.78 is 1.74. The van der Waals surface area contributed by atoms with Crippen LogP contribution in [0.25, 0.3) is 10.3 Å². The highest BCUT2D eigenvalue weighted by Gasteiger charge is 2.15. The molecule has 0 unspecified atom stereocenters. The number of nitrogens with zero attached hydrogens (tertiary/aromatic N) is 4. The van der Waals surface area contributed by atoms with Crippen molar-refractivity contribution in [2.24, 2.45) is 0 Å². The monoisotopic (exact) mass is 453 g/mol. The molecule has 0 saturated heterocycles. The van der Waals surface area contributed by atoms with Gasteiger partial charge in [-0.15, -0.1) is 0 Å². The van der Waals surface area contributed by atoms with Crippen LogP contribution >= 0.6 is 22.9 Å². The van der Waals surface area contributed by atoms with Crippen molar-refractivity contribution in [3.05, 3.63) is 87.4 Å². The molecule has 0 spiro atoms. The van der Waals surface area contributed by atoms with Crippen LogP contribution in [0.2, 0.25) is 5.02 Å². The summed E-state index contributed by atoms with van der Waals surface area (Å²) in [5.41, 5.74) is 2.19. The number of nitrogens with one attached hydrogen (secondary N) is 1. The minimum Gasteiger partial charge on any atom is -0.350 e. The van der Waals surface area contributed by atoms with E-state index in [1.165, 1.54) is 22.2 Å². The van der Waals surface area contributed by atoms with Crippen LogP contribution in [0.3, 0.4) is 0 Å². The van der Waals surface area contributed by atoms with Crippen LogP contribution in [0.1, 0.15) is 11.1 Å². The van der Waals surface area contributed by atoms with Gasteiger partial charge in [0.15, 0.2) is 10.8 Å². The average Bonchev–Trinajstić information content (AvgIpc) is 3.22. The van der Waals surface area contributed by atoms with Gasteiger partial charge >= 0.3 is 0 Å². The number of hydrogen-bond donors (Lipinski definition) is 1. The second kappa shape index (κ2) is 9.28. The van der Waals surface area contributed by atoms with Gasteiger partial charge in [0.2, 0.25) is 5.91 Å². The van der Waals surface area contributed by atoms with Crippen LogP contribution in [-0.4, -0.2) is 27.5 Å². The Labute approximate surface area is 187 Å². The molecular formula is C22H20ClN5O2S. The van der Waals surface area contributed by atoms with E-state index in [0.717, 1.165) is 11.1 Å². The van der Waals surface area contributed by atoms with Gasteiger partial charge in [-0.25, -0.2) is 4.98 Å². The Balaban J connectivity index is 1.45. The Kier molecular flexibility index (Phi) is 6.29. The van der Waals surface area contributed by atoms with Gasteiger partial charge < -0.3 is 10.2 Å². The van der Waals surface area contributed by atoms with Crippen molar-refractivity contribution >= 4 is 44.3 Å². The summed E-state index contributed by atoms with van der Waals surface area (Å²) in [7, 11) is 1.92. The molecular weight excluding hydrogens is 434 g/mol. The number of anilines is 1. The molecule has 1 amide bonds. The standard InChI is InChI=1S/C22H20ClN5O2S/c1-27(12-16-5-3-2-4-6-16)22-26-20-19(31-22)21(30)28(14-25-20)13-18(29)24-11-15-7-9-17(23)10-8-15/h2-10,14H,11-13H2,1H3,(H,24,29). The number of thiazole rings is 1. The lowest BCUT2D eigenvalue weighted by molar-refractivity contribution is -0.121. The highest BCUT2D eigenvalue weighted by molar-refractivity contribution is 7.22. The third-order valence-corrected chi connectivity index (χ3v) is 6.08. The number of aromatic nitrogens is 3. The molecule has 2 heterocycles. The number of hydrogen-bond acceptors (Lipinski definition) is 6. The number of benzene rings is 2. The predicted molar refractivity (Wildman–Crippen MR) is 124 cm³/mol. The highest BCUT2D eigenvalue weighted by atomic mass is 35.5. The molecule has 0 radical (unpaired) electrons. The molecule has 0 atom stereocenters. The van der Waals surface area contributed by atoms with E-state index in [1.807, 2.05) is 54.4 Å². The summed E-state index contributed by atoms with van der Waals surface area (Å²) in [6.45, 7) is 0.916. The van der Waals surface area contributed by atoms with Crippen molar-refractivity contribution in [3.63, 3.8) is 0 Å². The van der Waals surface area contributed by atoms with Crippen molar-refractivity contribution in [2.75, 3.05) is 11.9 Å². The maximum Gasteiger partial charge on any atom is 0.273 e. The summed E-state index contributed by atoms with van der Waals surface area (Å²) in [6, 6.07) is 17.2. The molecule has 2 aromatic carbocycles. The zero-order chi connectivity index (χ0) is 21.8. The Morgan fingerprint density at radius 2 is 1.87 bits per heavy atom. The van der Waals surface area contributed by atoms with Gasteiger partial charge in [0, 0.05) is 25.2 Å². The first kappa shape index (κ1) is 21.0. The average molecular weight is 454 g/mol. The predicted octanol–water partition coefficient (Wildman–Crippen LogP) is 3.46. The number of amides is 1. The maximum absolute atomic E-state index is 12.9. The molecule has 158 valence electrons. The van der Waals surface area contributed by atoms with E-state index in [1.54, 1.807) is 12.1 Å². The SMILES string of the molecule is CN(Cc1ccccc1)c1nc2ncn(CC(=O)NCc3ccc(Cl)cc3)c(=O)c2s1. The molecule has 4 aromatic rings. The van der Waals surface area contributed by atoms with E-state index >= 15 is 0 Å². The fourth-order valence-electron chi connectivity index (χ4n) is 3.05. The fraction of sp³-hybridized carbons (Fsp3) is 0.182. The van der Waals surface area contributed by atoms with Crippen LogP contribution < -0.4 is 15.8 Å². The molecule has 31 heavy (non-hydrogen) atoms. The van der Waals surface area contributed by atoms with E-state index in [0.29, 0.717) is 33.6 Å². The largest absolute Gasteiger partial charge is 0.350 e. The van der Waals surface area contributed by atoms with Gasteiger partial charge in [0.05, 0.1) is 0 Å². The summed E-state index contributed by atoms with van der Waals surface area (Å²) >= 11 is 7.15. The summed E-state index contributed by atoms with van der Waals surface area (Å²) in [6.07, 6.45) is 1.37. The normalized spacial score (nSPS) is 10.9. The van der Waals surface area contributed by atoms with Crippen molar-refractivity contribution < 1.29 is 4.79 Å². The van der Waals surface area contributed by atoms with Gasteiger partial charge in [-0.1, -0.05) is 65.4 Å². The van der Waals surface area contributed by atoms with Crippen molar-refractivity contribution in [1.82, 2.24) is 19.9 Å². The number of fused-ring (bicyclic) bond motifs is 1. The summed E-state index contributed by atoms with van der Waals surface area (Å²) in [5.74, 6) is -0.274. The van der Waals surface area contributed by atoms with E-state index in [2.05, 4.69) is 15.3 Å². The summed E-state index contributed by atoms with van der Waals surface area (Å²) in [5, 5.41) is 4.14. The molecule has 0 aliphatic heterocycles. The first-order valence-corrected chi connectivity index (χ1v) is 10.8. The molecule has 0 saturated carbocycles. The van der Waals surface area contributed by atoms with Crippen molar-refractivity contribution in [3.8, 4) is 0 Å². The topological polar surface area (TPSA) is 80.1 Å². The third kappa shape index (κ3) is 5.10. The van der Waals surface area contributed by atoms with Gasteiger partial charge in [-0.2, -0.15) is 4.98 Å². The van der Waals surface area contributed by atoms with Crippen LogP contribution in [0.5, 0.6) is 0 Å². The number of carbonyl (C=O) groups is 1. The Bertz CT molecular complexity index is 1250. The Morgan fingerprint density at radius 1 is 1.13 bits per heavy atom. The minimum absolute atomic E-state index is 0.109. The molecule has 7 nitrogen and oxygen atoms in total. The molecule has 0 fully saturated rings. The quantitative estimate of drug-likeness (QED) is 0.463. The van der Waals surface area contributed by atoms with Crippen molar-refractivity contribution in [1.29, 1.82) is 0 Å². The Hall–Kier alpha value is -3.23. The van der Waals surface area contributed by atoms with Crippen LogP contribution in [0.4, 0.5) is 5.13 Å². The molecule has 4 rings (SSSR count). The second-order valence-corrected chi connectivity index (χ2v) is 8.49. The second-order valence-electron chi connectivity index (χ2n) is 7.07.